The third kappa shape index (κ3) is 5.65. The van der Waals surface area contributed by atoms with E-state index in [-0.39, 0.29) is 11.9 Å². The van der Waals surface area contributed by atoms with Crippen LogP contribution in [-0.2, 0) is 16.1 Å². The molecule has 4 rings (SSSR count). The van der Waals surface area contributed by atoms with Crippen LogP contribution in [0.3, 0.4) is 0 Å². The van der Waals surface area contributed by atoms with Crippen molar-refractivity contribution >= 4 is 17.7 Å². The van der Waals surface area contributed by atoms with E-state index in [1.807, 2.05) is 10.7 Å². The number of aromatic nitrogens is 4. The van der Waals surface area contributed by atoms with E-state index in [2.05, 4.69) is 25.3 Å². The van der Waals surface area contributed by atoms with Gasteiger partial charge in [0, 0.05) is 18.3 Å². The first-order valence-electron chi connectivity index (χ1n) is 9.93. The van der Waals surface area contributed by atoms with E-state index in [0.717, 1.165) is 24.4 Å². The predicted octanol–water partition coefficient (Wildman–Crippen LogP) is 1.94. The number of alkyl halides is 3. The quantitative estimate of drug-likeness (QED) is 0.716. The molecule has 0 bridgehead atoms. The number of amides is 1. The molecule has 174 valence electrons. The van der Waals surface area contributed by atoms with Gasteiger partial charge in [-0.05, 0) is 18.9 Å². The van der Waals surface area contributed by atoms with Crippen molar-refractivity contribution in [1.29, 1.82) is 0 Å². The lowest BCUT2D eigenvalue weighted by Gasteiger charge is -2.34. The zero-order valence-corrected chi connectivity index (χ0v) is 17.2. The number of fused-ring (bicyclic) bond motifs is 1. The second-order valence-corrected chi connectivity index (χ2v) is 7.37. The minimum atomic E-state index is -5.08. The number of aliphatic carboxylic acids is 1. The van der Waals surface area contributed by atoms with E-state index < -0.39 is 12.1 Å². The van der Waals surface area contributed by atoms with Crippen LogP contribution in [0, 0.1) is 0 Å². The van der Waals surface area contributed by atoms with Gasteiger partial charge in [0.15, 0.2) is 0 Å². The average Bonchev–Trinajstić information content (AvgIpc) is 3.44. The molecule has 1 atom stereocenters. The molecule has 2 N–H and O–H groups in total. The van der Waals surface area contributed by atoms with E-state index in [0.29, 0.717) is 25.0 Å². The number of hydrogen-bond acceptors (Lipinski definition) is 7. The SMILES string of the molecule is COc1cc(N2Cc3ccnn3C(C(=O)NC3CCCC3)C2)ncn1.O=C(O)C(F)(F)F. The standard InChI is InChI=1S/C17H22N6O2.C2HF3O2/c1-25-16-8-15(18-11-19-16)22-9-13-6-7-20-23(13)14(10-22)17(24)21-12-4-2-3-5-12;3-2(4,5)1(6)7/h6-8,11-12,14H,2-5,9-10H2,1H3,(H,21,24);(H,6,7). The van der Waals surface area contributed by atoms with Crippen molar-refractivity contribution in [1.82, 2.24) is 25.1 Å². The Morgan fingerprint density at radius 3 is 2.56 bits per heavy atom. The molecular weight excluding hydrogens is 433 g/mol. The van der Waals surface area contributed by atoms with Gasteiger partial charge in [0.25, 0.3) is 0 Å². The fourth-order valence-corrected chi connectivity index (χ4v) is 3.64. The third-order valence-corrected chi connectivity index (χ3v) is 5.20. The van der Waals surface area contributed by atoms with Crippen molar-refractivity contribution in [2.75, 3.05) is 18.6 Å². The number of halogens is 3. The largest absolute Gasteiger partial charge is 0.490 e. The summed E-state index contributed by atoms with van der Waals surface area (Å²) in [7, 11) is 1.58. The topological polar surface area (TPSA) is 122 Å². The number of methoxy groups -OCH3 is 1. The summed E-state index contributed by atoms with van der Waals surface area (Å²) in [6.45, 7) is 1.17. The van der Waals surface area contributed by atoms with Crippen LogP contribution in [-0.4, -0.2) is 62.6 Å². The Balaban J connectivity index is 0.000000360. The first-order valence-corrected chi connectivity index (χ1v) is 9.93. The molecular formula is C19H23F3N6O4. The van der Waals surface area contributed by atoms with Crippen LogP contribution < -0.4 is 15.0 Å². The van der Waals surface area contributed by atoms with Gasteiger partial charge in [-0.15, -0.1) is 0 Å². The van der Waals surface area contributed by atoms with Crippen molar-refractivity contribution in [3.63, 3.8) is 0 Å². The Kier molecular flexibility index (Phi) is 7.15. The van der Waals surface area contributed by atoms with E-state index >= 15 is 0 Å². The van der Waals surface area contributed by atoms with Crippen molar-refractivity contribution in [2.45, 2.75) is 50.5 Å². The molecule has 1 unspecified atom stereocenters. The Hall–Kier alpha value is -3.38. The fourth-order valence-electron chi connectivity index (χ4n) is 3.64. The molecule has 1 fully saturated rings. The molecule has 0 radical (unpaired) electrons. The molecule has 32 heavy (non-hydrogen) atoms. The Bertz CT molecular complexity index is 945. The van der Waals surface area contributed by atoms with Crippen molar-refractivity contribution in [3.8, 4) is 5.88 Å². The van der Waals surface area contributed by atoms with Crippen molar-refractivity contribution in [3.05, 3.63) is 30.4 Å². The molecule has 1 aliphatic carbocycles. The third-order valence-electron chi connectivity index (χ3n) is 5.20. The van der Waals surface area contributed by atoms with Crippen LogP contribution in [0.1, 0.15) is 37.4 Å². The van der Waals surface area contributed by atoms with Crippen LogP contribution in [0.5, 0.6) is 5.88 Å². The monoisotopic (exact) mass is 456 g/mol. The van der Waals surface area contributed by atoms with Gasteiger partial charge in [-0.3, -0.25) is 9.48 Å². The maximum atomic E-state index is 12.9. The van der Waals surface area contributed by atoms with Crippen molar-refractivity contribution < 1.29 is 32.6 Å². The highest BCUT2D eigenvalue weighted by Gasteiger charge is 2.38. The van der Waals surface area contributed by atoms with Gasteiger partial charge in [0.05, 0.1) is 25.9 Å². The summed E-state index contributed by atoms with van der Waals surface area (Å²) in [5, 5.41) is 14.7. The van der Waals surface area contributed by atoms with Gasteiger partial charge in [-0.25, -0.2) is 14.8 Å². The van der Waals surface area contributed by atoms with Gasteiger partial charge >= 0.3 is 12.1 Å². The summed E-state index contributed by atoms with van der Waals surface area (Å²) >= 11 is 0. The van der Waals surface area contributed by atoms with Crippen LogP contribution in [0.15, 0.2) is 24.7 Å². The molecule has 1 aliphatic heterocycles. The Labute approximate surface area is 181 Å². The Morgan fingerprint density at radius 1 is 1.25 bits per heavy atom. The maximum Gasteiger partial charge on any atom is 0.490 e. The van der Waals surface area contributed by atoms with Gasteiger partial charge in [-0.2, -0.15) is 18.3 Å². The van der Waals surface area contributed by atoms with Gasteiger partial charge in [0.1, 0.15) is 18.2 Å². The molecule has 3 heterocycles. The highest BCUT2D eigenvalue weighted by molar-refractivity contribution is 5.81. The first-order chi connectivity index (χ1) is 15.2. The number of carbonyl (C=O) groups excluding carboxylic acids is 1. The number of anilines is 1. The van der Waals surface area contributed by atoms with E-state index in [4.69, 9.17) is 14.6 Å². The zero-order valence-electron chi connectivity index (χ0n) is 17.2. The second kappa shape index (κ2) is 9.83. The van der Waals surface area contributed by atoms with Gasteiger partial charge in [0.2, 0.25) is 11.8 Å². The lowest BCUT2D eigenvalue weighted by molar-refractivity contribution is -0.192. The first kappa shape index (κ1) is 23.3. The summed E-state index contributed by atoms with van der Waals surface area (Å²) in [5.41, 5.74) is 0.996. The minimum absolute atomic E-state index is 0.0302. The van der Waals surface area contributed by atoms with Crippen LogP contribution >= 0.6 is 0 Å². The highest BCUT2D eigenvalue weighted by atomic mass is 19.4. The number of nitrogens with zero attached hydrogens (tertiary/aromatic N) is 5. The van der Waals surface area contributed by atoms with E-state index in [1.165, 1.54) is 19.2 Å². The molecule has 1 saturated carbocycles. The molecule has 2 aromatic heterocycles. The molecule has 0 aromatic carbocycles. The molecule has 0 saturated heterocycles. The number of hydrogen-bond donors (Lipinski definition) is 2. The Morgan fingerprint density at radius 2 is 1.94 bits per heavy atom. The normalized spacial score (nSPS) is 18.4. The van der Waals surface area contributed by atoms with E-state index in [1.54, 1.807) is 19.4 Å². The second-order valence-electron chi connectivity index (χ2n) is 7.37. The summed E-state index contributed by atoms with van der Waals surface area (Å²) in [5.74, 6) is -1.47. The highest BCUT2D eigenvalue weighted by Crippen LogP contribution is 2.27. The molecule has 2 aliphatic rings. The average molecular weight is 456 g/mol. The molecule has 2 aromatic rings. The predicted molar refractivity (Wildman–Crippen MR) is 105 cm³/mol. The van der Waals surface area contributed by atoms with Gasteiger partial charge in [-0.1, -0.05) is 12.8 Å². The van der Waals surface area contributed by atoms with E-state index in [9.17, 15) is 18.0 Å². The maximum absolute atomic E-state index is 12.9. The fraction of sp³-hybridized carbons (Fsp3) is 0.526. The van der Waals surface area contributed by atoms with Crippen LogP contribution in [0.4, 0.5) is 19.0 Å². The van der Waals surface area contributed by atoms with Crippen molar-refractivity contribution in [2.24, 2.45) is 0 Å². The molecule has 13 heteroatoms. The van der Waals surface area contributed by atoms with Crippen LogP contribution in [0.2, 0.25) is 0 Å². The summed E-state index contributed by atoms with van der Waals surface area (Å²) in [6.07, 6.45) is 2.66. The molecule has 1 amide bonds. The lowest BCUT2D eigenvalue weighted by Crippen LogP contribution is -2.47. The molecule has 10 nitrogen and oxygen atoms in total. The molecule has 0 spiro atoms. The summed E-state index contributed by atoms with van der Waals surface area (Å²) < 4.78 is 38.8. The zero-order chi connectivity index (χ0) is 23.3. The number of ether oxygens (including phenoxy) is 1. The number of carboxylic acids is 1. The van der Waals surface area contributed by atoms with Crippen LogP contribution in [0.25, 0.3) is 0 Å². The number of carboxylic acid groups (broad SMARTS) is 1. The smallest absolute Gasteiger partial charge is 0.481 e. The number of carbonyl (C=O) groups is 2. The minimum Gasteiger partial charge on any atom is -0.481 e. The van der Waals surface area contributed by atoms with Gasteiger partial charge < -0.3 is 20.1 Å². The lowest BCUT2D eigenvalue weighted by atomic mass is 10.1. The number of rotatable bonds is 4. The summed E-state index contributed by atoms with van der Waals surface area (Å²) in [6, 6.07) is 3.67. The number of nitrogens with one attached hydrogen (secondary N) is 1. The summed E-state index contributed by atoms with van der Waals surface area (Å²) in [4.78, 5) is 32.2.